The first-order chi connectivity index (χ1) is 14.9. The van der Waals surface area contributed by atoms with E-state index in [0.29, 0.717) is 35.1 Å². The SMILES string of the molecule is CC[C@@H]1CCCCN1Cc1nc2c(c(=O)n(C)c(=O)n2C)n1CC(=O)c1ccccc1. The van der Waals surface area contributed by atoms with Crippen LogP contribution < -0.4 is 11.2 Å². The molecule has 8 heteroatoms. The van der Waals surface area contributed by atoms with Gasteiger partial charge in [0.2, 0.25) is 0 Å². The van der Waals surface area contributed by atoms with Gasteiger partial charge in [-0.1, -0.05) is 43.7 Å². The molecule has 2 aromatic heterocycles. The van der Waals surface area contributed by atoms with Crippen molar-refractivity contribution in [3.63, 3.8) is 0 Å². The number of fused-ring (bicyclic) bond motifs is 1. The van der Waals surface area contributed by atoms with Crippen LogP contribution in [-0.2, 0) is 27.2 Å². The van der Waals surface area contributed by atoms with Crippen LogP contribution in [-0.4, -0.2) is 42.0 Å². The van der Waals surface area contributed by atoms with Gasteiger partial charge in [-0.25, -0.2) is 9.78 Å². The molecule has 3 aromatic rings. The second kappa shape index (κ2) is 8.63. The van der Waals surface area contributed by atoms with Crippen molar-refractivity contribution in [2.45, 2.75) is 51.7 Å². The van der Waals surface area contributed by atoms with Gasteiger partial charge in [0, 0.05) is 25.7 Å². The number of carbonyl (C=O) groups is 1. The third-order valence-corrected chi connectivity index (χ3v) is 6.39. The molecule has 1 saturated heterocycles. The third-order valence-electron chi connectivity index (χ3n) is 6.39. The first-order valence-electron chi connectivity index (χ1n) is 10.9. The Morgan fingerprint density at radius 1 is 1.10 bits per heavy atom. The van der Waals surface area contributed by atoms with Crippen LogP contribution in [0.25, 0.3) is 11.2 Å². The van der Waals surface area contributed by atoms with E-state index < -0.39 is 11.2 Å². The second-order valence-electron chi connectivity index (χ2n) is 8.31. The number of hydrogen-bond donors (Lipinski definition) is 0. The number of nitrogens with zero attached hydrogens (tertiary/aromatic N) is 5. The summed E-state index contributed by atoms with van der Waals surface area (Å²) in [6, 6.07) is 9.50. The lowest BCUT2D eigenvalue weighted by Crippen LogP contribution is -2.39. The van der Waals surface area contributed by atoms with Gasteiger partial charge in [-0.2, -0.15) is 0 Å². The minimum absolute atomic E-state index is 0.00786. The number of aromatic nitrogens is 4. The summed E-state index contributed by atoms with van der Waals surface area (Å²) < 4.78 is 4.18. The molecule has 1 atom stereocenters. The molecule has 8 nitrogen and oxygen atoms in total. The number of Topliss-reactive ketones (excluding diaryl/α,β-unsaturated/α-hetero) is 1. The van der Waals surface area contributed by atoms with Crippen LogP contribution in [0.4, 0.5) is 0 Å². The van der Waals surface area contributed by atoms with E-state index in [1.807, 2.05) is 18.2 Å². The maximum Gasteiger partial charge on any atom is 0.332 e. The van der Waals surface area contributed by atoms with Gasteiger partial charge in [0.15, 0.2) is 16.9 Å². The lowest BCUT2D eigenvalue weighted by atomic mass is 10.00. The summed E-state index contributed by atoms with van der Waals surface area (Å²) in [6.07, 6.45) is 4.52. The topological polar surface area (TPSA) is 82.1 Å². The van der Waals surface area contributed by atoms with Gasteiger partial charge in [0.05, 0.1) is 13.1 Å². The first kappa shape index (κ1) is 21.2. The minimum Gasteiger partial charge on any atom is -0.313 e. The molecule has 0 spiro atoms. The Labute approximate surface area is 180 Å². The van der Waals surface area contributed by atoms with Crippen molar-refractivity contribution in [2.75, 3.05) is 6.54 Å². The number of hydrogen-bond acceptors (Lipinski definition) is 5. The largest absolute Gasteiger partial charge is 0.332 e. The maximum absolute atomic E-state index is 13.0. The molecule has 1 aliphatic heterocycles. The summed E-state index contributed by atoms with van der Waals surface area (Å²) >= 11 is 0. The van der Waals surface area contributed by atoms with Crippen LogP contribution in [0.5, 0.6) is 0 Å². The molecule has 0 unspecified atom stereocenters. The predicted molar refractivity (Wildman–Crippen MR) is 119 cm³/mol. The maximum atomic E-state index is 13.0. The number of likely N-dealkylation sites (tertiary alicyclic amines) is 1. The van der Waals surface area contributed by atoms with Crippen LogP contribution in [0.1, 0.15) is 48.8 Å². The minimum atomic E-state index is -0.427. The molecule has 0 aliphatic carbocycles. The van der Waals surface area contributed by atoms with E-state index >= 15 is 0 Å². The molecular formula is C23H29N5O3. The molecule has 0 radical (unpaired) electrons. The van der Waals surface area contributed by atoms with Crippen molar-refractivity contribution in [3.05, 3.63) is 62.6 Å². The smallest absolute Gasteiger partial charge is 0.313 e. The molecule has 0 N–H and O–H groups in total. The summed E-state index contributed by atoms with van der Waals surface area (Å²) in [5.74, 6) is 0.556. The van der Waals surface area contributed by atoms with E-state index in [0.717, 1.165) is 30.4 Å². The number of aryl methyl sites for hydroxylation is 1. The molecule has 164 valence electrons. The highest BCUT2D eigenvalue weighted by molar-refractivity contribution is 5.96. The molecule has 0 amide bonds. The fourth-order valence-corrected chi connectivity index (χ4v) is 4.55. The van der Waals surface area contributed by atoms with E-state index in [4.69, 9.17) is 4.98 Å². The Bertz CT molecular complexity index is 1220. The lowest BCUT2D eigenvalue weighted by molar-refractivity contribution is 0.0967. The highest BCUT2D eigenvalue weighted by Gasteiger charge is 2.26. The van der Waals surface area contributed by atoms with Crippen LogP contribution in [0.2, 0.25) is 0 Å². The molecule has 0 saturated carbocycles. The number of rotatable bonds is 6. The van der Waals surface area contributed by atoms with Crippen molar-refractivity contribution in [3.8, 4) is 0 Å². The van der Waals surface area contributed by atoms with E-state index in [1.165, 1.54) is 18.0 Å². The molecule has 4 rings (SSSR count). The zero-order chi connectivity index (χ0) is 22.1. The number of carbonyl (C=O) groups excluding carboxylic acids is 1. The number of imidazole rings is 1. The van der Waals surface area contributed by atoms with Gasteiger partial charge in [-0.05, 0) is 25.8 Å². The lowest BCUT2D eigenvalue weighted by Gasteiger charge is -2.34. The van der Waals surface area contributed by atoms with Crippen molar-refractivity contribution >= 4 is 16.9 Å². The summed E-state index contributed by atoms with van der Waals surface area (Å²) in [7, 11) is 3.07. The zero-order valence-electron chi connectivity index (χ0n) is 18.4. The fraction of sp³-hybridized carbons (Fsp3) is 0.478. The van der Waals surface area contributed by atoms with Crippen molar-refractivity contribution in [1.82, 2.24) is 23.6 Å². The number of benzene rings is 1. The monoisotopic (exact) mass is 423 g/mol. The Morgan fingerprint density at radius 3 is 2.55 bits per heavy atom. The number of ketones is 1. The van der Waals surface area contributed by atoms with Crippen LogP contribution in [0.3, 0.4) is 0 Å². The van der Waals surface area contributed by atoms with E-state index in [2.05, 4.69) is 11.8 Å². The Kier molecular flexibility index (Phi) is 5.91. The molecular weight excluding hydrogens is 394 g/mol. The van der Waals surface area contributed by atoms with Gasteiger partial charge >= 0.3 is 5.69 Å². The average molecular weight is 424 g/mol. The van der Waals surface area contributed by atoms with Gasteiger partial charge in [-0.15, -0.1) is 0 Å². The standard InChI is InChI=1S/C23H29N5O3/c1-4-17-12-8-9-13-27(17)15-19-24-21-20(22(30)26(3)23(31)25(21)2)28(19)14-18(29)16-10-6-5-7-11-16/h5-7,10-11,17H,4,8-9,12-15H2,1-3H3/t17-/m1/s1. The summed E-state index contributed by atoms with van der Waals surface area (Å²) in [5.41, 5.74) is 0.361. The quantitative estimate of drug-likeness (QED) is 0.567. The molecule has 1 aromatic carbocycles. The summed E-state index contributed by atoms with van der Waals surface area (Å²) in [5, 5.41) is 0. The van der Waals surface area contributed by atoms with Gasteiger partial charge in [0.25, 0.3) is 5.56 Å². The first-order valence-corrected chi connectivity index (χ1v) is 10.9. The summed E-state index contributed by atoms with van der Waals surface area (Å²) in [4.78, 5) is 45.6. The highest BCUT2D eigenvalue weighted by Crippen LogP contribution is 2.23. The van der Waals surface area contributed by atoms with Gasteiger partial charge in [0.1, 0.15) is 5.82 Å². The zero-order valence-corrected chi connectivity index (χ0v) is 18.4. The van der Waals surface area contributed by atoms with Crippen molar-refractivity contribution in [1.29, 1.82) is 0 Å². The fourth-order valence-electron chi connectivity index (χ4n) is 4.55. The molecule has 31 heavy (non-hydrogen) atoms. The molecule has 1 fully saturated rings. The third kappa shape index (κ3) is 3.87. The van der Waals surface area contributed by atoms with E-state index in [1.54, 1.807) is 23.7 Å². The summed E-state index contributed by atoms with van der Waals surface area (Å²) in [6.45, 7) is 3.70. The van der Waals surface area contributed by atoms with Crippen LogP contribution in [0, 0.1) is 0 Å². The number of piperidine rings is 1. The molecule has 1 aliphatic rings. The van der Waals surface area contributed by atoms with E-state index in [9.17, 15) is 14.4 Å². The molecule has 3 heterocycles. The van der Waals surface area contributed by atoms with Gasteiger partial charge in [-0.3, -0.25) is 23.6 Å². The Balaban J connectivity index is 1.84. The van der Waals surface area contributed by atoms with Crippen LogP contribution in [0.15, 0.2) is 39.9 Å². The Hall–Kier alpha value is -3.00. The predicted octanol–water partition coefficient (Wildman–Crippen LogP) is 2.08. The van der Waals surface area contributed by atoms with Gasteiger partial charge < -0.3 is 4.57 Å². The molecule has 0 bridgehead atoms. The van der Waals surface area contributed by atoms with Crippen molar-refractivity contribution < 1.29 is 4.79 Å². The highest BCUT2D eigenvalue weighted by atomic mass is 16.2. The second-order valence-corrected chi connectivity index (χ2v) is 8.31. The average Bonchev–Trinajstić information content (AvgIpc) is 3.15. The van der Waals surface area contributed by atoms with Crippen molar-refractivity contribution in [2.24, 2.45) is 14.1 Å². The Morgan fingerprint density at radius 2 is 1.84 bits per heavy atom. The normalized spacial score (nSPS) is 17.3. The van der Waals surface area contributed by atoms with E-state index in [-0.39, 0.29) is 12.3 Å². The van der Waals surface area contributed by atoms with Crippen LogP contribution >= 0.6 is 0 Å².